The van der Waals surface area contributed by atoms with Gasteiger partial charge in [-0.1, -0.05) is 17.7 Å². The molecule has 0 atom stereocenters. The van der Waals surface area contributed by atoms with Crippen molar-refractivity contribution >= 4 is 58.1 Å². The second kappa shape index (κ2) is 11.6. The zero-order valence-corrected chi connectivity index (χ0v) is 19.9. The van der Waals surface area contributed by atoms with Gasteiger partial charge in [-0.25, -0.2) is 4.79 Å². The smallest absolute Gasteiger partial charge is 0.343 e. The van der Waals surface area contributed by atoms with Gasteiger partial charge in [0.1, 0.15) is 6.54 Å². The number of amides is 3. The average molecular weight is 505 g/mol. The first-order chi connectivity index (χ1) is 16.3. The van der Waals surface area contributed by atoms with Gasteiger partial charge in [0.25, 0.3) is 11.1 Å². The van der Waals surface area contributed by atoms with Crippen molar-refractivity contribution in [2.45, 2.75) is 6.92 Å². The summed E-state index contributed by atoms with van der Waals surface area (Å²) < 4.78 is 15.5. The Bertz CT molecular complexity index is 1130. The summed E-state index contributed by atoms with van der Waals surface area (Å²) in [7, 11) is 1.26. The molecule has 34 heavy (non-hydrogen) atoms. The number of hydrogen-bond donors (Lipinski definition) is 1. The van der Waals surface area contributed by atoms with Crippen molar-refractivity contribution in [2.75, 3.05) is 32.2 Å². The maximum atomic E-state index is 12.8. The van der Waals surface area contributed by atoms with Crippen molar-refractivity contribution in [3.8, 4) is 11.5 Å². The SMILES string of the molecule is CCOc1cc(/C=C2/SC(=O)N(CC(=O)Nc3ccc(Cl)cc3)C2=O)ccc1OCC(=O)OC. The molecule has 0 unspecified atom stereocenters. The lowest BCUT2D eigenvalue weighted by Gasteiger charge is -2.13. The number of nitrogens with one attached hydrogen (secondary N) is 1. The fourth-order valence-corrected chi connectivity index (χ4v) is 3.83. The summed E-state index contributed by atoms with van der Waals surface area (Å²) in [6.07, 6.45) is 1.52. The molecule has 1 heterocycles. The van der Waals surface area contributed by atoms with Crippen LogP contribution in [0.2, 0.25) is 5.02 Å². The first-order valence-corrected chi connectivity index (χ1v) is 11.3. The predicted molar refractivity (Wildman–Crippen MR) is 128 cm³/mol. The lowest BCUT2D eigenvalue weighted by Crippen LogP contribution is -2.36. The van der Waals surface area contributed by atoms with Gasteiger partial charge < -0.3 is 19.5 Å². The van der Waals surface area contributed by atoms with Crippen LogP contribution in [0.5, 0.6) is 11.5 Å². The predicted octanol–water partition coefficient (Wildman–Crippen LogP) is 3.97. The highest BCUT2D eigenvalue weighted by molar-refractivity contribution is 8.18. The van der Waals surface area contributed by atoms with E-state index in [1.807, 2.05) is 0 Å². The van der Waals surface area contributed by atoms with Crippen molar-refractivity contribution in [2.24, 2.45) is 0 Å². The van der Waals surface area contributed by atoms with Gasteiger partial charge in [0, 0.05) is 10.7 Å². The van der Waals surface area contributed by atoms with Gasteiger partial charge in [-0.3, -0.25) is 19.3 Å². The number of carbonyl (C=O) groups excluding carboxylic acids is 4. The second-order valence-electron chi connectivity index (χ2n) is 6.83. The van der Waals surface area contributed by atoms with Gasteiger partial charge in [-0.15, -0.1) is 0 Å². The molecule has 1 aliphatic rings. The number of rotatable bonds is 9. The lowest BCUT2D eigenvalue weighted by molar-refractivity contribution is -0.143. The van der Waals surface area contributed by atoms with Crippen LogP contribution >= 0.6 is 23.4 Å². The highest BCUT2D eigenvalue weighted by atomic mass is 35.5. The van der Waals surface area contributed by atoms with Crippen LogP contribution in [-0.4, -0.2) is 54.8 Å². The number of imide groups is 1. The fraction of sp³-hybridized carbons (Fsp3) is 0.217. The molecule has 3 rings (SSSR count). The van der Waals surface area contributed by atoms with E-state index in [4.69, 9.17) is 21.1 Å². The number of halogens is 1. The van der Waals surface area contributed by atoms with Gasteiger partial charge in [0.15, 0.2) is 18.1 Å². The minimum atomic E-state index is -0.578. The molecule has 1 fully saturated rings. The van der Waals surface area contributed by atoms with E-state index in [1.54, 1.807) is 49.4 Å². The number of hydrogen-bond acceptors (Lipinski definition) is 8. The molecule has 0 aromatic heterocycles. The Morgan fingerprint density at radius 2 is 1.82 bits per heavy atom. The molecule has 11 heteroatoms. The van der Waals surface area contributed by atoms with Gasteiger partial charge >= 0.3 is 5.97 Å². The third-order valence-corrected chi connectivity index (χ3v) is 5.60. The molecule has 2 aromatic carbocycles. The first kappa shape index (κ1) is 25.1. The molecule has 0 radical (unpaired) electrons. The number of carbonyl (C=O) groups is 4. The van der Waals surface area contributed by atoms with Gasteiger partial charge in [-0.2, -0.15) is 0 Å². The first-order valence-electron chi connectivity index (χ1n) is 10.1. The van der Waals surface area contributed by atoms with E-state index in [-0.39, 0.29) is 11.5 Å². The summed E-state index contributed by atoms with van der Waals surface area (Å²) in [6.45, 7) is 1.43. The molecule has 1 saturated heterocycles. The van der Waals surface area contributed by atoms with E-state index in [0.29, 0.717) is 34.4 Å². The van der Waals surface area contributed by atoms with E-state index >= 15 is 0 Å². The number of nitrogens with zero attached hydrogens (tertiary/aromatic N) is 1. The van der Waals surface area contributed by atoms with Crippen LogP contribution in [0.15, 0.2) is 47.4 Å². The quantitative estimate of drug-likeness (QED) is 0.403. The Labute approximate surface area is 205 Å². The number of esters is 1. The van der Waals surface area contributed by atoms with Crippen LogP contribution in [0, 0.1) is 0 Å². The molecule has 0 aliphatic carbocycles. The number of thioether (sulfide) groups is 1. The summed E-state index contributed by atoms with van der Waals surface area (Å²) in [4.78, 5) is 49.8. The molecular weight excluding hydrogens is 484 g/mol. The van der Waals surface area contributed by atoms with Gasteiger partial charge in [0.2, 0.25) is 5.91 Å². The van der Waals surface area contributed by atoms with E-state index < -0.39 is 29.6 Å². The van der Waals surface area contributed by atoms with E-state index in [1.165, 1.54) is 13.2 Å². The van der Waals surface area contributed by atoms with Crippen molar-refractivity contribution < 1.29 is 33.4 Å². The Morgan fingerprint density at radius 3 is 2.50 bits per heavy atom. The van der Waals surface area contributed by atoms with Crippen LogP contribution in [-0.2, 0) is 19.1 Å². The largest absolute Gasteiger partial charge is 0.490 e. The molecule has 9 nitrogen and oxygen atoms in total. The Balaban J connectivity index is 1.70. The maximum absolute atomic E-state index is 12.8. The number of anilines is 1. The third-order valence-electron chi connectivity index (χ3n) is 4.44. The van der Waals surface area contributed by atoms with Gasteiger partial charge in [0.05, 0.1) is 18.6 Å². The summed E-state index contributed by atoms with van der Waals surface area (Å²) in [6, 6.07) is 11.3. The van der Waals surface area contributed by atoms with Crippen LogP contribution in [0.1, 0.15) is 12.5 Å². The molecule has 0 saturated carbocycles. The molecule has 0 bridgehead atoms. The van der Waals surface area contributed by atoms with Crippen LogP contribution in [0.25, 0.3) is 6.08 Å². The number of methoxy groups -OCH3 is 1. The van der Waals surface area contributed by atoms with Crippen LogP contribution < -0.4 is 14.8 Å². The summed E-state index contributed by atoms with van der Waals surface area (Å²) >= 11 is 6.56. The molecule has 3 amide bonds. The van der Waals surface area contributed by atoms with E-state index in [2.05, 4.69) is 10.1 Å². The fourth-order valence-electron chi connectivity index (χ4n) is 2.86. The number of ether oxygens (including phenoxy) is 3. The molecule has 2 aromatic rings. The summed E-state index contributed by atoms with van der Waals surface area (Å²) in [5.41, 5.74) is 1.07. The minimum Gasteiger partial charge on any atom is -0.490 e. The lowest BCUT2D eigenvalue weighted by atomic mass is 10.2. The maximum Gasteiger partial charge on any atom is 0.343 e. The average Bonchev–Trinajstić information content (AvgIpc) is 3.07. The topological polar surface area (TPSA) is 111 Å². The van der Waals surface area contributed by atoms with E-state index in [0.717, 1.165) is 16.7 Å². The second-order valence-corrected chi connectivity index (χ2v) is 8.26. The molecule has 1 aliphatic heterocycles. The summed E-state index contributed by atoms with van der Waals surface area (Å²) in [5.74, 6) is -0.944. The van der Waals surface area contributed by atoms with Crippen molar-refractivity contribution in [3.05, 3.63) is 58.0 Å². The van der Waals surface area contributed by atoms with Gasteiger partial charge in [-0.05, 0) is 66.7 Å². The number of benzene rings is 2. The standard InChI is InChI=1S/C23H21ClN2O7S/c1-3-32-18-10-14(4-9-17(18)33-13-21(28)31-2)11-19-22(29)26(23(30)34-19)12-20(27)25-16-7-5-15(24)6-8-16/h4-11H,3,12-13H2,1-2H3,(H,25,27)/b19-11+. The zero-order valence-electron chi connectivity index (χ0n) is 18.3. The molecule has 178 valence electrons. The van der Waals surface area contributed by atoms with Crippen LogP contribution in [0.3, 0.4) is 0 Å². The zero-order chi connectivity index (χ0) is 24.7. The van der Waals surface area contributed by atoms with Crippen molar-refractivity contribution in [1.29, 1.82) is 0 Å². The Kier molecular flexibility index (Phi) is 8.55. The highest BCUT2D eigenvalue weighted by Gasteiger charge is 2.36. The van der Waals surface area contributed by atoms with E-state index in [9.17, 15) is 19.2 Å². The third kappa shape index (κ3) is 6.52. The minimum absolute atomic E-state index is 0.162. The molecule has 0 spiro atoms. The molecular formula is C23H21ClN2O7S. The van der Waals surface area contributed by atoms with Crippen molar-refractivity contribution in [1.82, 2.24) is 4.90 Å². The van der Waals surface area contributed by atoms with Crippen molar-refractivity contribution in [3.63, 3.8) is 0 Å². The Morgan fingerprint density at radius 1 is 1.09 bits per heavy atom. The monoisotopic (exact) mass is 504 g/mol. The normalized spacial score (nSPS) is 14.3. The summed E-state index contributed by atoms with van der Waals surface area (Å²) in [5, 5.41) is 2.59. The molecule has 1 N–H and O–H groups in total. The highest BCUT2D eigenvalue weighted by Crippen LogP contribution is 2.34. The Hall–Kier alpha value is -3.50. The van der Waals surface area contributed by atoms with Crippen LogP contribution in [0.4, 0.5) is 10.5 Å².